The van der Waals surface area contributed by atoms with Gasteiger partial charge in [0, 0.05) is 17.2 Å². The van der Waals surface area contributed by atoms with Gasteiger partial charge in [-0.15, -0.1) is 0 Å². The molecule has 0 saturated carbocycles. The molecule has 0 aliphatic carbocycles. The number of fused-ring (bicyclic) bond motifs is 1. The van der Waals surface area contributed by atoms with Crippen LogP contribution in [0.4, 0.5) is 0 Å². The van der Waals surface area contributed by atoms with Gasteiger partial charge in [0.05, 0.1) is 5.56 Å². The number of rotatable bonds is 0. The molecular formula is C9H7ClN2S. The zero-order valence-electron chi connectivity index (χ0n) is 7.09. The van der Waals surface area contributed by atoms with Gasteiger partial charge in [-0.2, -0.15) is 17.0 Å². The Balaban J connectivity index is 2.74. The van der Waals surface area contributed by atoms with Crippen molar-refractivity contribution >= 4 is 23.4 Å². The summed E-state index contributed by atoms with van der Waals surface area (Å²) in [4.78, 5) is 4.15. The zero-order valence-corrected chi connectivity index (χ0v) is 8.67. The zero-order chi connectivity index (χ0) is 9.42. The van der Waals surface area contributed by atoms with Crippen molar-refractivity contribution in [2.24, 2.45) is 0 Å². The number of thioether (sulfide) groups is 1. The second-order valence-corrected chi connectivity index (χ2v) is 4.27. The second kappa shape index (κ2) is 3.21. The summed E-state index contributed by atoms with van der Waals surface area (Å²) in [5, 5.41) is 9.24. The van der Waals surface area contributed by atoms with Crippen LogP contribution in [0.25, 0.3) is 0 Å². The molecule has 1 aliphatic heterocycles. The fourth-order valence-electron chi connectivity index (χ4n) is 1.48. The molecule has 2 heterocycles. The predicted octanol–water partition coefficient (Wildman–Crippen LogP) is 2.66. The van der Waals surface area contributed by atoms with Crippen LogP contribution in [0.1, 0.15) is 22.4 Å². The highest BCUT2D eigenvalue weighted by Crippen LogP contribution is 2.35. The van der Waals surface area contributed by atoms with Gasteiger partial charge in [-0.1, -0.05) is 11.6 Å². The molecule has 13 heavy (non-hydrogen) atoms. The molecule has 0 spiro atoms. The predicted molar refractivity (Wildman–Crippen MR) is 53.7 cm³/mol. The molecule has 0 saturated heterocycles. The van der Waals surface area contributed by atoms with Gasteiger partial charge in [0.2, 0.25) is 0 Å². The van der Waals surface area contributed by atoms with Crippen molar-refractivity contribution in [3.63, 3.8) is 0 Å². The van der Waals surface area contributed by atoms with Crippen molar-refractivity contribution in [1.29, 1.82) is 5.26 Å². The normalized spacial score (nSPS) is 13.9. The standard InChI is InChI=1S/C9H7ClN2S/c1-5-7-3-13-4-8(7)6(2-11)9(10)12-5/h3-4H2,1H3. The molecule has 2 nitrogen and oxygen atoms in total. The lowest BCUT2D eigenvalue weighted by Gasteiger charge is -2.05. The summed E-state index contributed by atoms with van der Waals surface area (Å²) in [6.07, 6.45) is 0. The van der Waals surface area contributed by atoms with Crippen LogP contribution in [0, 0.1) is 18.3 Å². The third-order valence-electron chi connectivity index (χ3n) is 2.18. The van der Waals surface area contributed by atoms with Gasteiger partial charge in [-0.25, -0.2) is 4.98 Å². The van der Waals surface area contributed by atoms with E-state index in [1.165, 1.54) is 5.56 Å². The van der Waals surface area contributed by atoms with Gasteiger partial charge in [-0.05, 0) is 18.1 Å². The summed E-state index contributed by atoms with van der Waals surface area (Å²) in [6.45, 7) is 1.94. The number of hydrogen-bond donors (Lipinski definition) is 0. The molecule has 0 N–H and O–H groups in total. The van der Waals surface area contributed by atoms with Gasteiger partial charge in [-0.3, -0.25) is 0 Å². The number of pyridine rings is 1. The summed E-state index contributed by atoms with van der Waals surface area (Å²) < 4.78 is 0. The van der Waals surface area contributed by atoms with E-state index >= 15 is 0 Å². The van der Waals surface area contributed by atoms with Crippen LogP contribution in [0.3, 0.4) is 0 Å². The van der Waals surface area contributed by atoms with E-state index in [4.69, 9.17) is 16.9 Å². The molecule has 4 heteroatoms. The molecule has 0 bridgehead atoms. The summed E-state index contributed by atoms with van der Waals surface area (Å²) in [5.41, 5.74) is 3.81. The Morgan fingerprint density at radius 3 is 2.85 bits per heavy atom. The van der Waals surface area contributed by atoms with E-state index < -0.39 is 0 Å². The van der Waals surface area contributed by atoms with E-state index in [0.717, 1.165) is 22.8 Å². The van der Waals surface area contributed by atoms with Gasteiger partial charge in [0.15, 0.2) is 0 Å². The monoisotopic (exact) mass is 210 g/mol. The van der Waals surface area contributed by atoms with Crippen LogP contribution in [0.2, 0.25) is 5.15 Å². The van der Waals surface area contributed by atoms with Gasteiger partial charge in [0.1, 0.15) is 11.2 Å². The largest absolute Gasteiger partial charge is 0.240 e. The van der Waals surface area contributed by atoms with E-state index in [0.29, 0.717) is 10.7 Å². The van der Waals surface area contributed by atoms with E-state index in [1.807, 2.05) is 6.92 Å². The molecule has 0 aromatic carbocycles. The second-order valence-electron chi connectivity index (χ2n) is 2.92. The van der Waals surface area contributed by atoms with Crippen LogP contribution in [0.5, 0.6) is 0 Å². The van der Waals surface area contributed by atoms with Crippen molar-refractivity contribution in [2.75, 3.05) is 0 Å². The highest BCUT2D eigenvalue weighted by Gasteiger charge is 2.20. The van der Waals surface area contributed by atoms with E-state index in [1.54, 1.807) is 11.8 Å². The fourth-order valence-corrected chi connectivity index (χ4v) is 2.98. The lowest BCUT2D eigenvalue weighted by atomic mass is 10.1. The topological polar surface area (TPSA) is 36.7 Å². The van der Waals surface area contributed by atoms with Gasteiger partial charge in [0.25, 0.3) is 0 Å². The van der Waals surface area contributed by atoms with Crippen molar-refractivity contribution in [2.45, 2.75) is 18.4 Å². The maximum atomic E-state index is 8.89. The summed E-state index contributed by atoms with van der Waals surface area (Å²) in [5.74, 6) is 1.85. The third-order valence-corrected chi connectivity index (χ3v) is 3.44. The van der Waals surface area contributed by atoms with Crippen molar-refractivity contribution < 1.29 is 0 Å². The molecule has 2 rings (SSSR count). The summed E-state index contributed by atoms with van der Waals surface area (Å²) >= 11 is 7.68. The molecule has 0 unspecified atom stereocenters. The Bertz CT molecular complexity index is 409. The first-order chi connectivity index (χ1) is 6.24. The van der Waals surface area contributed by atoms with E-state index in [-0.39, 0.29) is 0 Å². The first-order valence-electron chi connectivity index (χ1n) is 3.89. The lowest BCUT2D eigenvalue weighted by molar-refractivity contribution is 1.11. The summed E-state index contributed by atoms with van der Waals surface area (Å²) in [6, 6.07) is 2.12. The number of hydrogen-bond acceptors (Lipinski definition) is 3. The Hall–Kier alpha value is -0.720. The highest BCUT2D eigenvalue weighted by atomic mass is 35.5. The van der Waals surface area contributed by atoms with Crippen LogP contribution in [0.15, 0.2) is 0 Å². The highest BCUT2D eigenvalue weighted by molar-refractivity contribution is 7.98. The van der Waals surface area contributed by atoms with E-state index in [9.17, 15) is 0 Å². The maximum absolute atomic E-state index is 8.89. The minimum Gasteiger partial charge on any atom is -0.240 e. The number of aromatic nitrogens is 1. The van der Waals surface area contributed by atoms with Crippen LogP contribution >= 0.6 is 23.4 Å². The first kappa shape index (κ1) is 8.86. The molecule has 66 valence electrons. The SMILES string of the molecule is Cc1nc(Cl)c(C#N)c2c1CSC2. The average Bonchev–Trinajstić information content (AvgIpc) is 2.53. The molecular weight excluding hydrogens is 204 g/mol. The van der Waals surface area contributed by atoms with Gasteiger partial charge < -0.3 is 0 Å². The Labute approximate surface area is 85.9 Å². The molecule has 0 amide bonds. The smallest absolute Gasteiger partial charge is 0.147 e. The van der Waals surface area contributed by atoms with Crippen LogP contribution in [-0.2, 0) is 11.5 Å². The molecule has 1 aromatic heterocycles. The Morgan fingerprint density at radius 2 is 2.15 bits per heavy atom. The maximum Gasteiger partial charge on any atom is 0.147 e. The van der Waals surface area contributed by atoms with Crippen molar-refractivity contribution in [1.82, 2.24) is 4.98 Å². The van der Waals surface area contributed by atoms with Crippen LogP contribution < -0.4 is 0 Å². The van der Waals surface area contributed by atoms with Crippen molar-refractivity contribution in [3.8, 4) is 6.07 Å². The molecule has 1 aliphatic rings. The number of halogens is 1. The summed E-state index contributed by atoms with van der Waals surface area (Å²) in [7, 11) is 0. The first-order valence-corrected chi connectivity index (χ1v) is 5.43. The van der Waals surface area contributed by atoms with Crippen molar-refractivity contribution in [3.05, 3.63) is 27.5 Å². The minimum atomic E-state index is 0.348. The minimum absolute atomic E-state index is 0.348. The quantitative estimate of drug-likeness (QED) is 0.618. The molecule has 0 fully saturated rings. The lowest BCUT2D eigenvalue weighted by Crippen LogP contribution is -1.97. The molecule has 1 aromatic rings. The fraction of sp³-hybridized carbons (Fsp3) is 0.333. The number of nitriles is 1. The Kier molecular flexibility index (Phi) is 2.19. The average molecular weight is 211 g/mol. The van der Waals surface area contributed by atoms with Gasteiger partial charge >= 0.3 is 0 Å². The van der Waals surface area contributed by atoms with Crippen LogP contribution in [-0.4, -0.2) is 4.98 Å². The molecule has 0 radical (unpaired) electrons. The number of aryl methyl sites for hydroxylation is 1. The number of nitrogens with zero attached hydrogens (tertiary/aromatic N) is 2. The van der Waals surface area contributed by atoms with E-state index in [2.05, 4.69) is 11.1 Å². The molecule has 0 atom stereocenters. The Morgan fingerprint density at radius 1 is 1.46 bits per heavy atom. The third kappa shape index (κ3) is 1.31.